The van der Waals surface area contributed by atoms with Gasteiger partial charge in [-0.05, 0) is 56.2 Å². The van der Waals surface area contributed by atoms with Crippen LogP contribution in [-0.2, 0) is 0 Å². The molecule has 5 nitrogen and oxygen atoms in total. The van der Waals surface area contributed by atoms with Crippen molar-refractivity contribution in [3.8, 4) is 0 Å². The van der Waals surface area contributed by atoms with E-state index in [-0.39, 0.29) is 11.9 Å². The Bertz CT molecular complexity index is 1270. The van der Waals surface area contributed by atoms with Gasteiger partial charge in [-0.2, -0.15) is 0 Å². The van der Waals surface area contributed by atoms with Gasteiger partial charge >= 0.3 is 0 Å². The Labute approximate surface area is 211 Å². The molecule has 0 saturated carbocycles. The number of para-hydroxylation sites is 1. The number of nitrogens with one attached hydrogen (secondary N) is 1. The van der Waals surface area contributed by atoms with Crippen LogP contribution >= 0.6 is 11.3 Å². The number of piperazine rings is 1. The summed E-state index contributed by atoms with van der Waals surface area (Å²) in [4.78, 5) is 19.1. The first-order valence-corrected chi connectivity index (χ1v) is 12.9. The maximum atomic E-state index is 12.9. The zero-order valence-electron chi connectivity index (χ0n) is 20.5. The van der Waals surface area contributed by atoms with E-state index in [1.807, 2.05) is 0 Å². The second kappa shape index (κ2) is 10.1. The van der Waals surface area contributed by atoms with Crippen LogP contribution in [0.4, 0.5) is 10.7 Å². The Balaban J connectivity index is 1.49. The molecule has 3 heterocycles. The summed E-state index contributed by atoms with van der Waals surface area (Å²) in [5.41, 5.74) is 6.18. The van der Waals surface area contributed by atoms with Gasteiger partial charge in [0.05, 0.1) is 12.3 Å². The molecule has 180 valence electrons. The van der Waals surface area contributed by atoms with Crippen LogP contribution < -0.4 is 10.2 Å². The van der Waals surface area contributed by atoms with E-state index in [1.54, 1.807) is 23.5 Å². The summed E-state index contributed by atoms with van der Waals surface area (Å²) in [6.45, 7) is 10.2. The number of rotatable bonds is 6. The molecule has 6 heteroatoms. The van der Waals surface area contributed by atoms with Crippen molar-refractivity contribution >= 4 is 27.9 Å². The highest BCUT2D eigenvalue weighted by molar-refractivity contribution is 7.16. The molecular formula is C29H31N3O2S. The van der Waals surface area contributed by atoms with E-state index >= 15 is 0 Å². The maximum Gasteiger partial charge on any atom is 0.291 e. The van der Waals surface area contributed by atoms with Crippen molar-refractivity contribution in [2.45, 2.75) is 26.8 Å². The quantitative estimate of drug-likeness (QED) is 0.342. The van der Waals surface area contributed by atoms with Gasteiger partial charge in [0.25, 0.3) is 5.91 Å². The summed E-state index contributed by atoms with van der Waals surface area (Å²) in [6, 6.07) is 22.9. The fourth-order valence-corrected chi connectivity index (χ4v) is 5.91. The summed E-state index contributed by atoms with van der Waals surface area (Å²) in [5.74, 6) is 0.108. The van der Waals surface area contributed by atoms with E-state index in [1.165, 1.54) is 39.1 Å². The second-order valence-corrected chi connectivity index (χ2v) is 10.4. The highest BCUT2D eigenvalue weighted by Crippen LogP contribution is 2.43. The van der Waals surface area contributed by atoms with Crippen LogP contribution in [0.2, 0.25) is 0 Å². The molecule has 1 aliphatic rings. The summed E-state index contributed by atoms with van der Waals surface area (Å²) in [7, 11) is 0. The van der Waals surface area contributed by atoms with Crippen LogP contribution in [-0.4, -0.2) is 37.0 Å². The minimum atomic E-state index is -0.214. The molecule has 5 rings (SSSR count). The lowest BCUT2D eigenvalue weighted by atomic mass is 9.93. The van der Waals surface area contributed by atoms with Crippen LogP contribution in [0.5, 0.6) is 0 Å². The molecular weight excluding hydrogens is 454 g/mol. The van der Waals surface area contributed by atoms with Gasteiger partial charge in [0.2, 0.25) is 0 Å². The fourth-order valence-electron chi connectivity index (χ4n) is 4.83. The van der Waals surface area contributed by atoms with Crippen LogP contribution in [0.15, 0.2) is 77.4 Å². The molecule has 0 aliphatic carbocycles. The van der Waals surface area contributed by atoms with Crippen molar-refractivity contribution in [1.82, 2.24) is 4.90 Å². The molecule has 1 N–H and O–H groups in total. The molecule has 35 heavy (non-hydrogen) atoms. The van der Waals surface area contributed by atoms with E-state index < -0.39 is 0 Å². The number of nitrogens with zero attached hydrogens (tertiary/aromatic N) is 2. The zero-order chi connectivity index (χ0) is 24.4. The van der Waals surface area contributed by atoms with Crippen LogP contribution in [0, 0.1) is 20.8 Å². The smallest absolute Gasteiger partial charge is 0.291 e. The predicted octanol–water partition coefficient (Wildman–Crippen LogP) is 6.43. The largest absolute Gasteiger partial charge is 0.459 e. The SMILES string of the molecule is Cc1ccc(C(c2c(NC(=O)c3ccco3)sc(C)c2C)N2CCN(c3ccccc3)CC2)cc1. The summed E-state index contributed by atoms with van der Waals surface area (Å²) in [5, 5.41) is 4.06. The lowest BCUT2D eigenvalue weighted by molar-refractivity contribution is 0.0996. The van der Waals surface area contributed by atoms with Gasteiger partial charge in [-0.1, -0.05) is 48.0 Å². The first kappa shape index (κ1) is 23.4. The number of hydrogen-bond donors (Lipinski definition) is 1. The number of carbonyl (C=O) groups excluding carboxylic acids is 1. The molecule has 0 bridgehead atoms. The molecule has 0 spiro atoms. The van der Waals surface area contributed by atoms with Crippen molar-refractivity contribution in [3.05, 3.63) is 106 Å². The van der Waals surface area contributed by atoms with Gasteiger partial charge in [-0.25, -0.2) is 0 Å². The average Bonchev–Trinajstić information content (AvgIpc) is 3.51. The summed E-state index contributed by atoms with van der Waals surface area (Å²) in [6.07, 6.45) is 1.53. The van der Waals surface area contributed by atoms with Gasteiger partial charge in [-0.3, -0.25) is 9.69 Å². The topological polar surface area (TPSA) is 48.7 Å². The highest BCUT2D eigenvalue weighted by Gasteiger charge is 2.32. The third kappa shape index (κ3) is 4.90. The Morgan fingerprint density at radius 3 is 2.29 bits per heavy atom. The predicted molar refractivity (Wildman–Crippen MR) is 144 cm³/mol. The molecule has 1 fully saturated rings. The molecule has 2 aromatic heterocycles. The number of benzene rings is 2. The van der Waals surface area contributed by atoms with Crippen LogP contribution in [0.25, 0.3) is 0 Å². The van der Waals surface area contributed by atoms with E-state index in [2.05, 4.69) is 90.5 Å². The normalized spacial score (nSPS) is 15.2. The molecule has 1 saturated heterocycles. The van der Waals surface area contributed by atoms with E-state index in [0.717, 1.165) is 31.2 Å². The first-order valence-electron chi connectivity index (χ1n) is 12.1. The third-order valence-corrected chi connectivity index (χ3v) is 8.01. The number of anilines is 2. The molecule has 1 atom stereocenters. The van der Waals surface area contributed by atoms with Crippen molar-refractivity contribution in [2.75, 3.05) is 36.4 Å². The van der Waals surface area contributed by atoms with Gasteiger partial charge in [0, 0.05) is 42.3 Å². The lowest BCUT2D eigenvalue weighted by Crippen LogP contribution is -2.48. The molecule has 2 aromatic carbocycles. The van der Waals surface area contributed by atoms with Crippen LogP contribution in [0.1, 0.15) is 43.7 Å². The number of thiophene rings is 1. The van der Waals surface area contributed by atoms with Gasteiger partial charge in [0.15, 0.2) is 5.76 Å². The van der Waals surface area contributed by atoms with E-state index in [9.17, 15) is 4.79 Å². The molecule has 1 aliphatic heterocycles. The van der Waals surface area contributed by atoms with Crippen molar-refractivity contribution in [2.24, 2.45) is 0 Å². The van der Waals surface area contributed by atoms with Gasteiger partial charge in [0.1, 0.15) is 5.00 Å². The lowest BCUT2D eigenvalue weighted by Gasteiger charge is -2.41. The fraction of sp³-hybridized carbons (Fsp3) is 0.276. The number of aryl methyl sites for hydroxylation is 2. The van der Waals surface area contributed by atoms with Gasteiger partial charge < -0.3 is 14.6 Å². The Morgan fingerprint density at radius 2 is 1.63 bits per heavy atom. The van der Waals surface area contributed by atoms with Crippen molar-refractivity contribution in [1.29, 1.82) is 0 Å². The van der Waals surface area contributed by atoms with Gasteiger partial charge in [-0.15, -0.1) is 11.3 Å². The second-order valence-electron chi connectivity index (χ2n) is 9.13. The minimum Gasteiger partial charge on any atom is -0.459 e. The van der Waals surface area contributed by atoms with Crippen LogP contribution in [0.3, 0.4) is 0 Å². The zero-order valence-corrected chi connectivity index (χ0v) is 21.3. The summed E-state index contributed by atoms with van der Waals surface area (Å²) >= 11 is 1.64. The third-order valence-electron chi connectivity index (χ3n) is 6.87. The standard InChI is InChI=1S/C29H31N3O2S/c1-20-11-13-23(14-12-20)27(32-17-15-31(16-18-32)24-8-5-4-6-9-24)26-21(2)22(3)35-29(26)30-28(33)25-10-7-19-34-25/h4-14,19,27H,15-18H2,1-3H3,(H,30,33). The minimum absolute atomic E-state index is 0.0605. The average molecular weight is 486 g/mol. The highest BCUT2D eigenvalue weighted by atomic mass is 32.1. The van der Waals surface area contributed by atoms with Crippen molar-refractivity contribution < 1.29 is 9.21 Å². The van der Waals surface area contributed by atoms with Crippen molar-refractivity contribution in [3.63, 3.8) is 0 Å². The first-order chi connectivity index (χ1) is 17.0. The Hall–Kier alpha value is -3.35. The molecule has 1 amide bonds. The number of carbonyl (C=O) groups is 1. The number of furan rings is 1. The monoisotopic (exact) mass is 485 g/mol. The Morgan fingerprint density at radius 1 is 0.914 bits per heavy atom. The number of hydrogen-bond acceptors (Lipinski definition) is 5. The molecule has 0 radical (unpaired) electrons. The maximum absolute atomic E-state index is 12.9. The summed E-state index contributed by atoms with van der Waals surface area (Å²) < 4.78 is 5.35. The molecule has 4 aromatic rings. The Kier molecular flexibility index (Phi) is 6.75. The number of amides is 1. The molecule has 1 unspecified atom stereocenters. The van der Waals surface area contributed by atoms with E-state index in [0.29, 0.717) is 5.76 Å². The van der Waals surface area contributed by atoms with E-state index in [4.69, 9.17) is 4.42 Å².